The van der Waals surface area contributed by atoms with Crippen LogP contribution in [0.3, 0.4) is 0 Å². The van der Waals surface area contributed by atoms with Gasteiger partial charge in [0, 0.05) is 23.3 Å². The molecule has 3 nitrogen and oxygen atoms in total. The Bertz CT molecular complexity index is 327. The zero-order valence-corrected chi connectivity index (χ0v) is 7.62. The molecular weight excluding hydrogens is 162 g/mol. The van der Waals surface area contributed by atoms with Crippen LogP contribution in [0.25, 0.3) is 0 Å². The third-order valence-corrected chi connectivity index (χ3v) is 2.10. The fourth-order valence-electron chi connectivity index (χ4n) is 1.37. The number of nitrogen functional groups attached to an aromatic ring is 1. The summed E-state index contributed by atoms with van der Waals surface area (Å²) in [7, 11) is 0. The molecule has 13 heavy (non-hydrogen) atoms. The van der Waals surface area contributed by atoms with E-state index < -0.39 is 0 Å². The second kappa shape index (κ2) is 3.01. The minimum atomic E-state index is 0.802. The zero-order chi connectivity index (χ0) is 9.26. The highest BCUT2D eigenvalue weighted by Crippen LogP contribution is 2.18. The molecule has 3 N–H and O–H groups in total. The van der Waals surface area contributed by atoms with Crippen LogP contribution in [0.1, 0.15) is 6.92 Å². The van der Waals surface area contributed by atoms with Crippen molar-refractivity contribution in [3.05, 3.63) is 36.2 Å². The van der Waals surface area contributed by atoms with Crippen LogP contribution in [0, 0.1) is 0 Å². The summed E-state index contributed by atoms with van der Waals surface area (Å²) in [5, 5.41) is 3.24. The van der Waals surface area contributed by atoms with E-state index >= 15 is 0 Å². The summed E-state index contributed by atoms with van der Waals surface area (Å²) >= 11 is 0. The Morgan fingerprint density at radius 1 is 1.31 bits per heavy atom. The van der Waals surface area contributed by atoms with Crippen molar-refractivity contribution in [3.63, 3.8) is 0 Å². The van der Waals surface area contributed by atoms with Crippen molar-refractivity contribution in [2.75, 3.05) is 17.3 Å². The highest BCUT2D eigenvalue weighted by atomic mass is 15.3. The summed E-state index contributed by atoms with van der Waals surface area (Å²) in [6.45, 7) is 2.90. The van der Waals surface area contributed by atoms with E-state index in [1.807, 2.05) is 24.3 Å². The molecule has 0 atom stereocenters. The number of benzene rings is 1. The molecule has 0 aromatic heterocycles. The van der Waals surface area contributed by atoms with Crippen LogP contribution in [0.2, 0.25) is 0 Å². The first-order valence-corrected chi connectivity index (χ1v) is 4.30. The quantitative estimate of drug-likeness (QED) is 0.635. The standard InChI is InChI=1S/C10H13N3/c1-8-6-13(7-12-8)10-4-2-9(11)3-5-10/h2-6,12H,7,11H2,1H3. The summed E-state index contributed by atoms with van der Waals surface area (Å²) in [5.41, 5.74) is 8.76. The van der Waals surface area contributed by atoms with E-state index in [1.165, 1.54) is 11.4 Å². The third kappa shape index (κ3) is 1.59. The van der Waals surface area contributed by atoms with Crippen LogP contribution in [0.4, 0.5) is 11.4 Å². The molecule has 1 aromatic rings. The Morgan fingerprint density at radius 2 is 2.00 bits per heavy atom. The molecule has 0 unspecified atom stereocenters. The van der Waals surface area contributed by atoms with Gasteiger partial charge < -0.3 is 16.0 Å². The number of anilines is 2. The smallest absolute Gasteiger partial charge is 0.0918 e. The van der Waals surface area contributed by atoms with Gasteiger partial charge in [-0.3, -0.25) is 0 Å². The molecule has 68 valence electrons. The minimum absolute atomic E-state index is 0.802. The van der Waals surface area contributed by atoms with E-state index in [4.69, 9.17) is 5.73 Å². The van der Waals surface area contributed by atoms with Crippen molar-refractivity contribution in [2.24, 2.45) is 0 Å². The lowest BCUT2D eigenvalue weighted by atomic mass is 10.3. The van der Waals surface area contributed by atoms with E-state index in [0.29, 0.717) is 0 Å². The number of nitrogens with two attached hydrogens (primary N) is 1. The molecule has 1 heterocycles. The summed E-state index contributed by atoms with van der Waals surface area (Å²) in [6.07, 6.45) is 2.09. The monoisotopic (exact) mass is 175 g/mol. The molecule has 1 aliphatic heterocycles. The maximum absolute atomic E-state index is 5.60. The van der Waals surface area contributed by atoms with Gasteiger partial charge in [-0.2, -0.15) is 0 Å². The number of hydrogen-bond acceptors (Lipinski definition) is 3. The summed E-state index contributed by atoms with van der Waals surface area (Å²) < 4.78 is 0. The fourth-order valence-corrected chi connectivity index (χ4v) is 1.37. The lowest BCUT2D eigenvalue weighted by Crippen LogP contribution is -2.20. The van der Waals surface area contributed by atoms with E-state index in [0.717, 1.165) is 12.4 Å². The van der Waals surface area contributed by atoms with Gasteiger partial charge in [-0.1, -0.05) is 0 Å². The van der Waals surface area contributed by atoms with Gasteiger partial charge in [-0.25, -0.2) is 0 Å². The first-order chi connectivity index (χ1) is 6.25. The van der Waals surface area contributed by atoms with Gasteiger partial charge in [0.25, 0.3) is 0 Å². The zero-order valence-electron chi connectivity index (χ0n) is 7.62. The van der Waals surface area contributed by atoms with E-state index in [1.54, 1.807) is 0 Å². The second-order valence-electron chi connectivity index (χ2n) is 3.21. The van der Waals surface area contributed by atoms with E-state index in [9.17, 15) is 0 Å². The van der Waals surface area contributed by atoms with Gasteiger partial charge in [0.05, 0.1) is 6.67 Å². The molecule has 0 saturated heterocycles. The molecule has 1 aliphatic rings. The molecule has 3 heteroatoms. The second-order valence-corrected chi connectivity index (χ2v) is 3.21. The maximum Gasteiger partial charge on any atom is 0.0918 e. The molecule has 0 aliphatic carbocycles. The predicted octanol–water partition coefficient (Wildman–Crippen LogP) is 1.50. The average molecular weight is 175 g/mol. The van der Waals surface area contributed by atoms with Crippen molar-refractivity contribution in [2.45, 2.75) is 6.92 Å². The lowest BCUT2D eigenvalue weighted by Gasteiger charge is -2.14. The van der Waals surface area contributed by atoms with Crippen LogP contribution in [-0.4, -0.2) is 6.67 Å². The van der Waals surface area contributed by atoms with Gasteiger partial charge in [0.2, 0.25) is 0 Å². The summed E-state index contributed by atoms with van der Waals surface area (Å²) in [4.78, 5) is 2.15. The van der Waals surface area contributed by atoms with E-state index in [2.05, 4.69) is 23.3 Å². The largest absolute Gasteiger partial charge is 0.399 e. The molecule has 0 saturated carbocycles. The van der Waals surface area contributed by atoms with Gasteiger partial charge in [0.15, 0.2) is 0 Å². The van der Waals surface area contributed by atoms with Gasteiger partial charge in [0.1, 0.15) is 0 Å². The Kier molecular flexibility index (Phi) is 1.85. The highest BCUT2D eigenvalue weighted by Gasteiger charge is 2.08. The van der Waals surface area contributed by atoms with Crippen molar-refractivity contribution < 1.29 is 0 Å². The topological polar surface area (TPSA) is 41.3 Å². The number of rotatable bonds is 1. The van der Waals surface area contributed by atoms with Crippen molar-refractivity contribution in [3.8, 4) is 0 Å². The number of nitrogens with zero attached hydrogens (tertiary/aromatic N) is 1. The highest BCUT2D eigenvalue weighted by molar-refractivity contribution is 5.55. The molecule has 1 aromatic carbocycles. The fraction of sp³-hybridized carbons (Fsp3) is 0.200. The number of allylic oxidation sites excluding steroid dienone is 1. The molecule has 0 bridgehead atoms. The predicted molar refractivity (Wildman–Crippen MR) is 55.1 cm³/mol. The molecule has 2 rings (SSSR count). The molecule has 0 fully saturated rings. The Morgan fingerprint density at radius 3 is 2.54 bits per heavy atom. The van der Waals surface area contributed by atoms with Crippen molar-refractivity contribution >= 4 is 11.4 Å². The van der Waals surface area contributed by atoms with Gasteiger partial charge in [-0.05, 0) is 31.2 Å². The molecule has 0 spiro atoms. The SMILES string of the molecule is CC1=CN(c2ccc(N)cc2)CN1. The summed E-state index contributed by atoms with van der Waals surface area (Å²) in [5.74, 6) is 0. The van der Waals surface area contributed by atoms with Crippen LogP contribution in [-0.2, 0) is 0 Å². The first-order valence-electron chi connectivity index (χ1n) is 4.30. The van der Waals surface area contributed by atoms with Gasteiger partial charge >= 0.3 is 0 Å². The van der Waals surface area contributed by atoms with Crippen LogP contribution in [0.5, 0.6) is 0 Å². The Hall–Kier alpha value is -1.64. The van der Waals surface area contributed by atoms with Crippen molar-refractivity contribution in [1.82, 2.24) is 5.32 Å². The number of nitrogens with one attached hydrogen (secondary N) is 1. The molecule has 0 amide bonds. The molecular formula is C10H13N3. The third-order valence-electron chi connectivity index (χ3n) is 2.10. The van der Waals surface area contributed by atoms with Crippen molar-refractivity contribution in [1.29, 1.82) is 0 Å². The average Bonchev–Trinajstić information content (AvgIpc) is 2.53. The van der Waals surface area contributed by atoms with Gasteiger partial charge in [-0.15, -0.1) is 0 Å². The molecule has 0 radical (unpaired) electrons. The van der Waals surface area contributed by atoms with Crippen LogP contribution < -0.4 is 16.0 Å². The van der Waals surface area contributed by atoms with E-state index in [-0.39, 0.29) is 0 Å². The Balaban J connectivity index is 2.22. The normalized spacial score (nSPS) is 15.5. The van der Waals surface area contributed by atoms with Crippen LogP contribution in [0.15, 0.2) is 36.2 Å². The first kappa shape index (κ1) is 7.98. The maximum atomic E-state index is 5.60. The van der Waals surface area contributed by atoms with Crippen LogP contribution >= 0.6 is 0 Å². The Labute approximate surface area is 77.8 Å². The lowest BCUT2D eigenvalue weighted by molar-refractivity contribution is 0.865. The minimum Gasteiger partial charge on any atom is -0.399 e. The summed E-state index contributed by atoms with van der Waals surface area (Å²) in [6, 6.07) is 7.87. The number of hydrogen-bond donors (Lipinski definition) is 2.